The highest BCUT2D eigenvalue weighted by Crippen LogP contribution is 2.36. The van der Waals surface area contributed by atoms with Crippen LogP contribution in [0.2, 0.25) is 0 Å². The van der Waals surface area contributed by atoms with Gasteiger partial charge in [-0.1, -0.05) is 24.3 Å². The molecule has 1 heterocycles. The summed E-state index contributed by atoms with van der Waals surface area (Å²) < 4.78 is 33.1. The van der Waals surface area contributed by atoms with E-state index in [1.54, 1.807) is 12.1 Å². The van der Waals surface area contributed by atoms with E-state index in [1.165, 1.54) is 42.4 Å². The molecule has 2 aromatic carbocycles. The van der Waals surface area contributed by atoms with Gasteiger partial charge in [0.1, 0.15) is 12.4 Å². The van der Waals surface area contributed by atoms with E-state index < -0.39 is 34.1 Å². The quantitative estimate of drug-likeness (QED) is 0.285. The molecule has 0 aromatic heterocycles. The molecule has 0 fully saturated rings. The van der Waals surface area contributed by atoms with E-state index >= 15 is 0 Å². The zero-order valence-corrected chi connectivity index (χ0v) is 18.8. The van der Waals surface area contributed by atoms with E-state index in [-0.39, 0.29) is 27.8 Å². The van der Waals surface area contributed by atoms with Gasteiger partial charge in [0, 0.05) is 11.8 Å². The number of aliphatic hydroxyl groups is 1. The minimum atomic E-state index is -3.93. The van der Waals surface area contributed by atoms with Gasteiger partial charge in [0.25, 0.3) is 10.0 Å². The molecule has 2 N–H and O–H groups in total. The highest BCUT2D eigenvalue weighted by Gasteiger charge is 2.36. The highest BCUT2D eigenvalue weighted by molar-refractivity contribution is 7.92. The maximum Gasteiger partial charge on any atom is 0.338 e. The number of nitrogens with one attached hydrogen (secondary N) is 1. The molecule has 32 heavy (non-hydrogen) atoms. The van der Waals surface area contributed by atoms with Gasteiger partial charge in [-0.15, -0.1) is 0 Å². The maximum absolute atomic E-state index is 13.4. The lowest BCUT2D eigenvalue weighted by molar-refractivity contribution is -0.113. The first-order valence-corrected chi connectivity index (χ1v) is 11.4. The van der Waals surface area contributed by atoms with Crippen molar-refractivity contribution in [2.75, 3.05) is 10.9 Å². The Morgan fingerprint density at radius 3 is 2.50 bits per heavy atom. The number of Topliss-reactive ketones (excluding diaryl/α,β-unsaturated/α-hetero) is 1. The molecule has 0 radical (unpaired) electrons. The van der Waals surface area contributed by atoms with Crippen molar-refractivity contribution >= 4 is 33.2 Å². The molecule has 1 aliphatic heterocycles. The topological polar surface area (TPSA) is 125 Å². The van der Waals surface area contributed by atoms with Crippen molar-refractivity contribution in [3.63, 3.8) is 0 Å². The lowest BCUT2D eigenvalue weighted by Gasteiger charge is -2.24. The first-order valence-electron chi connectivity index (χ1n) is 9.92. The standard InChI is InChI=1S/C23H24N2O6S/c1-14-11-17-7-4-5-10-20(17)25(14)32(29,30)19-9-6-8-18(12-19)23(28)31-13-21(27)22(15(2)24)16(3)26/h4-10,12,14,24,27H,11,13H2,1-3H3/b22-21-,24-15?. The van der Waals surface area contributed by atoms with Crippen LogP contribution in [0.5, 0.6) is 0 Å². The van der Waals surface area contributed by atoms with Crippen molar-refractivity contribution in [1.29, 1.82) is 5.41 Å². The molecule has 8 nitrogen and oxygen atoms in total. The Kier molecular flexibility index (Phi) is 6.50. The summed E-state index contributed by atoms with van der Waals surface area (Å²) in [5, 5.41) is 17.6. The number of esters is 1. The van der Waals surface area contributed by atoms with E-state index in [1.807, 2.05) is 19.1 Å². The Morgan fingerprint density at radius 2 is 1.84 bits per heavy atom. The van der Waals surface area contributed by atoms with Crippen molar-refractivity contribution in [1.82, 2.24) is 0 Å². The number of carbonyl (C=O) groups is 2. The summed E-state index contributed by atoms with van der Waals surface area (Å²) in [5.74, 6) is -1.93. The number of aliphatic hydroxyl groups excluding tert-OH is 1. The Morgan fingerprint density at radius 1 is 1.16 bits per heavy atom. The number of sulfonamides is 1. The number of anilines is 1. The number of hydrogen-bond acceptors (Lipinski definition) is 7. The second kappa shape index (κ2) is 8.96. The van der Waals surface area contributed by atoms with Crippen LogP contribution >= 0.6 is 0 Å². The summed E-state index contributed by atoms with van der Waals surface area (Å²) in [4.78, 5) is 24.0. The van der Waals surface area contributed by atoms with E-state index in [4.69, 9.17) is 10.1 Å². The van der Waals surface area contributed by atoms with Crippen LogP contribution in [0.1, 0.15) is 36.7 Å². The minimum Gasteiger partial charge on any atom is -0.508 e. The van der Waals surface area contributed by atoms with Crippen LogP contribution in [0.4, 0.5) is 5.69 Å². The second-order valence-electron chi connectivity index (χ2n) is 7.59. The summed E-state index contributed by atoms with van der Waals surface area (Å²) in [5.41, 5.74) is 1.15. The summed E-state index contributed by atoms with van der Waals surface area (Å²) in [6.07, 6.45) is 0.591. The number of ether oxygens (including phenoxy) is 1. The predicted octanol–water partition coefficient (Wildman–Crippen LogP) is 3.42. The van der Waals surface area contributed by atoms with Crippen LogP contribution in [0.15, 0.2) is 64.8 Å². The fraction of sp³-hybridized carbons (Fsp3) is 0.261. The molecule has 3 rings (SSSR count). The third-order valence-corrected chi connectivity index (χ3v) is 7.05. The van der Waals surface area contributed by atoms with Gasteiger partial charge in [-0.3, -0.25) is 9.10 Å². The number of hydrogen-bond donors (Lipinski definition) is 2. The number of para-hydroxylation sites is 1. The first kappa shape index (κ1) is 23.2. The van der Waals surface area contributed by atoms with Crippen molar-refractivity contribution in [2.45, 2.75) is 38.1 Å². The number of benzene rings is 2. The fourth-order valence-corrected chi connectivity index (χ4v) is 5.51. The molecule has 0 spiro atoms. The van der Waals surface area contributed by atoms with Gasteiger partial charge in [0.2, 0.25) is 0 Å². The van der Waals surface area contributed by atoms with Gasteiger partial charge in [0.15, 0.2) is 5.78 Å². The summed E-state index contributed by atoms with van der Waals surface area (Å²) in [6, 6.07) is 12.5. The Hall–Kier alpha value is -3.46. The summed E-state index contributed by atoms with van der Waals surface area (Å²) in [7, 11) is -3.93. The Bertz CT molecular complexity index is 1220. The van der Waals surface area contributed by atoms with Gasteiger partial charge in [-0.2, -0.15) is 0 Å². The van der Waals surface area contributed by atoms with Crippen LogP contribution < -0.4 is 4.31 Å². The molecule has 2 aromatic rings. The van der Waals surface area contributed by atoms with Gasteiger partial charge in [-0.25, -0.2) is 13.2 Å². The minimum absolute atomic E-state index is 0.0186. The number of carbonyl (C=O) groups excluding carboxylic acids is 2. The maximum atomic E-state index is 13.4. The molecule has 9 heteroatoms. The molecule has 0 saturated heterocycles. The monoisotopic (exact) mass is 456 g/mol. The van der Waals surface area contributed by atoms with E-state index in [0.717, 1.165) is 5.56 Å². The van der Waals surface area contributed by atoms with Crippen molar-refractivity contribution in [3.05, 3.63) is 71.0 Å². The van der Waals surface area contributed by atoms with Crippen LogP contribution in [0.3, 0.4) is 0 Å². The van der Waals surface area contributed by atoms with Gasteiger partial charge in [-0.05, 0) is 57.0 Å². The van der Waals surface area contributed by atoms with Gasteiger partial charge < -0.3 is 15.3 Å². The van der Waals surface area contributed by atoms with Crippen molar-refractivity contribution < 1.29 is 27.9 Å². The highest BCUT2D eigenvalue weighted by atomic mass is 32.2. The average molecular weight is 457 g/mol. The summed E-state index contributed by atoms with van der Waals surface area (Å²) in [6.45, 7) is 3.73. The smallest absolute Gasteiger partial charge is 0.338 e. The molecule has 1 atom stereocenters. The SMILES string of the molecule is CC(=N)/C(C(C)=O)=C(/O)COC(=O)c1cccc(S(=O)(=O)N2c3ccccc3CC2C)c1. The molecule has 0 bridgehead atoms. The van der Waals surface area contributed by atoms with Crippen LogP contribution in [0, 0.1) is 5.41 Å². The zero-order valence-electron chi connectivity index (χ0n) is 18.0. The molecular formula is C23H24N2O6S. The lowest BCUT2D eigenvalue weighted by Crippen LogP contribution is -2.35. The molecule has 1 aliphatic rings. The average Bonchev–Trinajstić information content (AvgIpc) is 3.08. The predicted molar refractivity (Wildman–Crippen MR) is 120 cm³/mol. The summed E-state index contributed by atoms with van der Waals surface area (Å²) >= 11 is 0. The first-order chi connectivity index (χ1) is 15.0. The van der Waals surface area contributed by atoms with E-state index in [2.05, 4.69) is 0 Å². The van der Waals surface area contributed by atoms with Crippen molar-refractivity contribution in [2.24, 2.45) is 0 Å². The van der Waals surface area contributed by atoms with Gasteiger partial charge in [0.05, 0.1) is 21.7 Å². The molecule has 0 saturated carbocycles. The number of rotatable bonds is 7. The van der Waals surface area contributed by atoms with E-state index in [0.29, 0.717) is 12.1 Å². The number of ketones is 1. The third-order valence-electron chi connectivity index (χ3n) is 5.13. The Balaban J connectivity index is 1.85. The molecule has 0 amide bonds. The number of nitrogens with zero attached hydrogens (tertiary/aromatic N) is 1. The van der Waals surface area contributed by atoms with Crippen LogP contribution in [-0.4, -0.2) is 43.6 Å². The van der Waals surface area contributed by atoms with Crippen LogP contribution in [0.25, 0.3) is 0 Å². The molecule has 0 aliphatic carbocycles. The fourth-order valence-electron chi connectivity index (χ4n) is 3.77. The molecular weight excluding hydrogens is 432 g/mol. The largest absolute Gasteiger partial charge is 0.508 e. The lowest BCUT2D eigenvalue weighted by atomic mass is 10.1. The number of allylic oxidation sites excluding steroid dienone is 1. The normalized spacial score (nSPS) is 16.2. The van der Waals surface area contributed by atoms with Crippen LogP contribution in [-0.2, 0) is 26.0 Å². The van der Waals surface area contributed by atoms with Gasteiger partial charge >= 0.3 is 5.97 Å². The molecule has 1 unspecified atom stereocenters. The second-order valence-corrected chi connectivity index (χ2v) is 9.40. The number of fused-ring (bicyclic) bond motifs is 1. The zero-order chi connectivity index (χ0) is 23.6. The van der Waals surface area contributed by atoms with E-state index in [9.17, 15) is 23.1 Å². The molecule has 168 valence electrons. The van der Waals surface area contributed by atoms with Crippen molar-refractivity contribution in [3.8, 4) is 0 Å². The third kappa shape index (κ3) is 4.43. The Labute approximate surface area is 186 Å².